The summed E-state index contributed by atoms with van der Waals surface area (Å²) in [5.41, 5.74) is -1.12. The van der Waals surface area contributed by atoms with Gasteiger partial charge in [0.1, 0.15) is 5.15 Å². The van der Waals surface area contributed by atoms with E-state index in [1.807, 2.05) is 13.8 Å². The molecule has 0 N–H and O–H groups in total. The Bertz CT molecular complexity index is 1510. The molecule has 4 bridgehead atoms. The first kappa shape index (κ1) is 37.5. The Kier molecular flexibility index (Phi) is 9.53. The van der Waals surface area contributed by atoms with E-state index < -0.39 is 41.3 Å². The number of nitrogens with zero attached hydrogens (tertiary/aromatic N) is 1. The van der Waals surface area contributed by atoms with Gasteiger partial charge < -0.3 is 23.7 Å². The van der Waals surface area contributed by atoms with Crippen LogP contribution < -0.4 is 0 Å². The van der Waals surface area contributed by atoms with Crippen LogP contribution in [0.4, 0.5) is 0 Å². The van der Waals surface area contributed by atoms with Gasteiger partial charge >= 0.3 is 5.97 Å². The molecule has 10 aliphatic rings. The van der Waals surface area contributed by atoms with E-state index in [0.717, 1.165) is 51.4 Å². The van der Waals surface area contributed by atoms with Crippen molar-refractivity contribution in [2.24, 2.45) is 53.3 Å². The molecule has 294 valence electrons. The number of halogens is 2. The highest BCUT2D eigenvalue weighted by Crippen LogP contribution is 2.63. The molecule has 10 fully saturated rings. The number of esters is 1. The molecule has 2 aliphatic carbocycles. The van der Waals surface area contributed by atoms with Crippen LogP contribution in [-0.2, 0) is 43.2 Å². The summed E-state index contributed by atoms with van der Waals surface area (Å²) in [6.07, 6.45) is 8.98. The zero-order valence-corrected chi connectivity index (χ0v) is 33.2. The number of ether oxygens (including phenoxy) is 5. The molecule has 16 atom stereocenters. The summed E-state index contributed by atoms with van der Waals surface area (Å²) in [6.45, 7) is 13.3. The molecular weight excluding hydrogens is 725 g/mol. The molecule has 0 radical (unpaired) electrons. The van der Waals surface area contributed by atoms with E-state index >= 15 is 0 Å². The third-order valence-electron chi connectivity index (χ3n) is 15.2. The first-order chi connectivity index (χ1) is 25.3. The number of carbonyl (C=O) groups excluding carboxylic acids is 1. The smallest absolute Gasteiger partial charge is 0.339 e. The molecule has 1 aromatic heterocycles. The zero-order chi connectivity index (χ0) is 37.1. The van der Waals surface area contributed by atoms with Gasteiger partial charge in [0.15, 0.2) is 23.8 Å². The van der Waals surface area contributed by atoms with Crippen LogP contribution in [0.5, 0.6) is 0 Å². The fourth-order valence-electron chi connectivity index (χ4n) is 12.2. The number of hydrogen-bond acceptors (Lipinski definition) is 11. The normalized spacial score (nSPS) is 50.3. The van der Waals surface area contributed by atoms with E-state index in [0.29, 0.717) is 24.7 Å². The molecule has 8 aliphatic heterocycles. The van der Waals surface area contributed by atoms with Gasteiger partial charge in [0, 0.05) is 30.9 Å². The summed E-state index contributed by atoms with van der Waals surface area (Å²) >= 11 is 12.6. The van der Waals surface area contributed by atoms with Crippen LogP contribution in [0.1, 0.15) is 116 Å². The van der Waals surface area contributed by atoms with Gasteiger partial charge in [0.2, 0.25) is 11.6 Å². The van der Waals surface area contributed by atoms with Crippen LogP contribution in [0, 0.1) is 53.3 Å². The summed E-state index contributed by atoms with van der Waals surface area (Å²) < 4.78 is 33.6. The lowest BCUT2D eigenvalue weighted by Gasteiger charge is -2.61. The standard InChI is InChI=1S/C40H55Cl2NO10/c1-20-7-9-28-22(3)30(46-35-39(28)26(20)11-14-37(5,48-35)50-52-39)17-24(19-45-34(44)25-13-16-43-33(42)32(25)41)18-31-23(4)29-10-8-21(2)27-12-15-38(6)49-36(47-31)40(27,29)53-51-38/h13,16,20-24,26-31,35-36H,7-12,14-15,17-19H2,1-6H3/t20-,21-,22-,23-,24?,26+,27+,28+,29+,30-,31-,35-,36-,37?,38?,39-,40-/m1/s1. The fraction of sp³-hybridized carbons (Fsp3) is 0.850. The molecule has 2 saturated carbocycles. The minimum absolute atomic E-state index is 0.0600. The molecule has 2 spiro atoms. The van der Waals surface area contributed by atoms with Crippen molar-refractivity contribution in [3.63, 3.8) is 0 Å². The summed E-state index contributed by atoms with van der Waals surface area (Å²) in [5.74, 6) is -0.221. The first-order valence-corrected chi connectivity index (χ1v) is 20.9. The highest BCUT2D eigenvalue weighted by Gasteiger charge is 2.71. The van der Waals surface area contributed by atoms with E-state index in [9.17, 15) is 4.79 Å². The number of rotatable bonds is 7. The molecule has 0 aromatic carbocycles. The van der Waals surface area contributed by atoms with Crippen molar-refractivity contribution in [3.8, 4) is 0 Å². The average Bonchev–Trinajstić information content (AvgIpc) is 3.50. The van der Waals surface area contributed by atoms with Crippen LogP contribution >= 0.6 is 23.2 Å². The summed E-state index contributed by atoms with van der Waals surface area (Å²) in [6, 6.07) is 1.53. The molecule has 9 heterocycles. The molecule has 1 aromatic rings. The second-order valence-corrected chi connectivity index (χ2v) is 19.0. The number of aromatic nitrogens is 1. The van der Waals surface area contributed by atoms with E-state index in [2.05, 4.69) is 32.7 Å². The predicted molar refractivity (Wildman–Crippen MR) is 191 cm³/mol. The van der Waals surface area contributed by atoms with Crippen molar-refractivity contribution in [3.05, 3.63) is 28.0 Å². The SMILES string of the molecule is C[C@H]1[C@@H](CC(COC(=O)c2ccnc(Cl)c2Cl)C[C@H]2O[C@@H]3OC4(C)CC[C@H]5[C@H](C)CC[C@@H]([C@H]2C)[C@@]35OO4)O[C@@H]2OC3(C)CC[C@H]4[C@H](C)CC[C@@H]1[C@@]24OO3. The van der Waals surface area contributed by atoms with Gasteiger partial charge in [0.05, 0.1) is 29.4 Å². The molecule has 11 nitrogen and oxygen atoms in total. The van der Waals surface area contributed by atoms with Crippen molar-refractivity contribution >= 4 is 29.2 Å². The zero-order valence-electron chi connectivity index (χ0n) is 31.7. The highest BCUT2D eigenvalue weighted by atomic mass is 35.5. The third-order valence-corrected chi connectivity index (χ3v) is 16.0. The molecule has 0 amide bonds. The lowest BCUT2D eigenvalue weighted by atomic mass is 9.56. The predicted octanol–water partition coefficient (Wildman–Crippen LogP) is 8.44. The Morgan fingerprint density at radius 2 is 1.28 bits per heavy atom. The van der Waals surface area contributed by atoms with E-state index in [-0.39, 0.29) is 76.0 Å². The van der Waals surface area contributed by atoms with Gasteiger partial charge in [-0.15, -0.1) is 0 Å². The summed E-state index contributed by atoms with van der Waals surface area (Å²) in [7, 11) is 0. The monoisotopic (exact) mass is 779 g/mol. The van der Waals surface area contributed by atoms with Crippen molar-refractivity contribution in [2.45, 2.75) is 153 Å². The number of carbonyl (C=O) groups is 1. The fourth-order valence-corrected chi connectivity index (χ4v) is 12.6. The van der Waals surface area contributed by atoms with Gasteiger partial charge in [-0.2, -0.15) is 0 Å². The molecule has 13 heteroatoms. The molecule has 11 rings (SSSR count). The molecule has 8 saturated heterocycles. The van der Waals surface area contributed by atoms with Crippen LogP contribution in [-0.4, -0.2) is 65.1 Å². The Labute approximate surface area is 322 Å². The highest BCUT2D eigenvalue weighted by molar-refractivity contribution is 6.42. The first-order valence-electron chi connectivity index (χ1n) is 20.1. The average molecular weight is 781 g/mol. The van der Waals surface area contributed by atoms with Crippen molar-refractivity contribution in [2.75, 3.05) is 6.61 Å². The second kappa shape index (κ2) is 13.5. The van der Waals surface area contributed by atoms with E-state index in [1.165, 1.54) is 12.3 Å². The lowest BCUT2D eigenvalue weighted by Crippen LogP contribution is -2.70. The number of pyridine rings is 1. The van der Waals surface area contributed by atoms with Crippen molar-refractivity contribution in [1.29, 1.82) is 0 Å². The topological polar surface area (TPSA) is 113 Å². The van der Waals surface area contributed by atoms with E-state index in [1.54, 1.807) is 0 Å². The van der Waals surface area contributed by atoms with Gasteiger partial charge in [0.25, 0.3) is 0 Å². The van der Waals surface area contributed by atoms with Crippen LogP contribution in [0.2, 0.25) is 10.2 Å². The number of hydrogen-bond donors (Lipinski definition) is 0. The van der Waals surface area contributed by atoms with Gasteiger partial charge in [-0.3, -0.25) is 0 Å². The Morgan fingerprint density at radius 3 is 1.79 bits per heavy atom. The largest absolute Gasteiger partial charge is 0.462 e. The summed E-state index contributed by atoms with van der Waals surface area (Å²) in [5, 5.41) is 0.138. The summed E-state index contributed by atoms with van der Waals surface area (Å²) in [4.78, 5) is 42.5. The molecule has 2 unspecified atom stereocenters. The van der Waals surface area contributed by atoms with Gasteiger partial charge in [-0.25, -0.2) is 29.3 Å². The Hall–Kier alpha value is -1.12. The third kappa shape index (κ3) is 5.87. The maximum atomic E-state index is 13.5. The quantitative estimate of drug-likeness (QED) is 0.151. The van der Waals surface area contributed by atoms with Gasteiger partial charge in [-0.05, 0) is 113 Å². The van der Waals surface area contributed by atoms with Crippen LogP contribution in [0.15, 0.2) is 12.3 Å². The minimum Gasteiger partial charge on any atom is -0.462 e. The van der Waals surface area contributed by atoms with Crippen LogP contribution in [0.3, 0.4) is 0 Å². The lowest BCUT2D eigenvalue weighted by molar-refractivity contribution is -0.571. The Morgan fingerprint density at radius 1 is 0.774 bits per heavy atom. The Balaban J connectivity index is 1.00. The van der Waals surface area contributed by atoms with Gasteiger partial charge in [-0.1, -0.05) is 50.9 Å². The van der Waals surface area contributed by atoms with Crippen molar-refractivity contribution < 1.29 is 48.0 Å². The minimum atomic E-state index is -0.861. The van der Waals surface area contributed by atoms with Crippen LogP contribution in [0.25, 0.3) is 0 Å². The second-order valence-electron chi connectivity index (χ2n) is 18.3. The maximum absolute atomic E-state index is 13.5. The number of fused-ring (bicyclic) bond motifs is 4. The van der Waals surface area contributed by atoms with Crippen molar-refractivity contribution in [1.82, 2.24) is 4.98 Å². The molecular formula is C40H55Cl2NO10. The maximum Gasteiger partial charge on any atom is 0.339 e. The molecule has 53 heavy (non-hydrogen) atoms. The van der Waals surface area contributed by atoms with E-state index in [4.69, 9.17) is 66.4 Å².